The van der Waals surface area contributed by atoms with Crippen LogP contribution in [0.15, 0.2) is 35.1 Å². The van der Waals surface area contributed by atoms with Crippen molar-refractivity contribution >= 4 is 28.2 Å². The van der Waals surface area contributed by atoms with Gasteiger partial charge in [0.25, 0.3) is 11.8 Å². The van der Waals surface area contributed by atoms with E-state index in [9.17, 15) is 18.8 Å². The topological polar surface area (TPSA) is 120 Å². The zero-order valence-electron chi connectivity index (χ0n) is 13.6. The van der Waals surface area contributed by atoms with Crippen LogP contribution in [-0.4, -0.2) is 27.0 Å². The quantitative estimate of drug-likeness (QED) is 0.543. The molecule has 0 bridgehead atoms. The molecule has 8 nitrogen and oxygen atoms in total. The molecule has 10 heteroatoms. The number of hydrogen-bond acceptors (Lipinski definition) is 5. The maximum absolute atomic E-state index is 13.2. The molecule has 0 unspecified atom stereocenters. The SMILES string of the molecule is Cc1cc(NC(=O)c2cccc(F)c2)sc1C(=O)NCc1n[nH]c(=O)[nH]1. The van der Waals surface area contributed by atoms with E-state index in [2.05, 4.69) is 25.8 Å². The summed E-state index contributed by atoms with van der Waals surface area (Å²) in [4.78, 5) is 38.2. The maximum Gasteiger partial charge on any atom is 0.340 e. The zero-order chi connectivity index (χ0) is 18.7. The predicted molar refractivity (Wildman–Crippen MR) is 93.8 cm³/mol. The van der Waals surface area contributed by atoms with E-state index in [4.69, 9.17) is 0 Å². The molecule has 0 saturated carbocycles. The molecule has 134 valence electrons. The molecular formula is C16H14FN5O3S. The third-order valence-electron chi connectivity index (χ3n) is 3.41. The van der Waals surface area contributed by atoms with Gasteiger partial charge in [0.2, 0.25) is 0 Å². The molecule has 26 heavy (non-hydrogen) atoms. The van der Waals surface area contributed by atoms with Crippen molar-refractivity contribution in [2.24, 2.45) is 0 Å². The van der Waals surface area contributed by atoms with Crippen molar-refractivity contribution in [3.63, 3.8) is 0 Å². The van der Waals surface area contributed by atoms with E-state index in [-0.39, 0.29) is 18.0 Å². The van der Waals surface area contributed by atoms with E-state index in [1.54, 1.807) is 13.0 Å². The van der Waals surface area contributed by atoms with Crippen LogP contribution < -0.4 is 16.3 Å². The summed E-state index contributed by atoms with van der Waals surface area (Å²) >= 11 is 1.10. The first-order valence-electron chi connectivity index (χ1n) is 7.51. The molecule has 0 aliphatic rings. The molecule has 3 rings (SSSR count). The number of anilines is 1. The second-order valence-corrected chi connectivity index (χ2v) is 6.45. The monoisotopic (exact) mass is 375 g/mol. The number of thiophene rings is 1. The standard InChI is InChI=1S/C16H14FN5O3S/c1-8-5-12(20-14(23)9-3-2-4-10(17)6-9)26-13(8)15(24)18-7-11-19-16(25)22-21-11/h2-6H,7H2,1H3,(H,18,24)(H,20,23)(H2,19,21,22,25). The number of amides is 2. The lowest BCUT2D eigenvalue weighted by Gasteiger charge is -2.03. The number of H-pyrrole nitrogens is 2. The highest BCUT2D eigenvalue weighted by atomic mass is 32.1. The van der Waals surface area contributed by atoms with Gasteiger partial charge in [-0.3, -0.25) is 14.6 Å². The van der Waals surface area contributed by atoms with E-state index in [1.807, 2.05) is 0 Å². The first-order chi connectivity index (χ1) is 12.4. The van der Waals surface area contributed by atoms with Gasteiger partial charge in [-0.15, -0.1) is 11.3 Å². The first-order valence-corrected chi connectivity index (χ1v) is 8.33. The summed E-state index contributed by atoms with van der Waals surface area (Å²) in [6.07, 6.45) is 0. The first kappa shape index (κ1) is 17.5. The number of benzene rings is 1. The predicted octanol–water partition coefficient (Wildman–Crippen LogP) is 1.79. The Morgan fingerprint density at radius 2 is 2.08 bits per heavy atom. The van der Waals surface area contributed by atoms with Crippen LogP contribution in [-0.2, 0) is 6.54 Å². The van der Waals surface area contributed by atoms with Crippen LogP contribution in [0.3, 0.4) is 0 Å². The molecule has 0 atom stereocenters. The Morgan fingerprint density at radius 3 is 2.77 bits per heavy atom. The highest BCUT2D eigenvalue weighted by Crippen LogP contribution is 2.27. The number of nitrogens with one attached hydrogen (secondary N) is 4. The minimum atomic E-state index is -0.503. The fourth-order valence-electron chi connectivity index (χ4n) is 2.22. The number of aryl methyl sites for hydroxylation is 1. The second kappa shape index (κ2) is 7.31. The summed E-state index contributed by atoms with van der Waals surface area (Å²) in [5.74, 6) is -1.02. The van der Waals surface area contributed by atoms with Gasteiger partial charge in [0, 0.05) is 5.56 Å². The van der Waals surface area contributed by atoms with E-state index >= 15 is 0 Å². The Hall–Kier alpha value is -3.27. The number of carbonyl (C=O) groups excluding carboxylic acids is 2. The third kappa shape index (κ3) is 4.03. The van der Waals surface area contributed by atoms with Crippen molar-refractivity contribution in [3.05, 3.63) is 68.5 Å². The molecule has 2 amide bonds. The molecule has 2 aromatic heterocycles. The number of carbonyl (C=O) groups is 2. The molecule has 1 aromatic carbocycles. The Labute approximate surface area is 150 Å². The largest absolute Gasteiger partial charge is 0.344 e. The molecule has 0 saturated heterocycles. The van der Waals surface area contributed by atoms with E-state index < -0.39 is 17.4 Å². The smallest absolute Gasteiger partial charge is 0.340 e. The van der Waals surface area contributed by atoms with Gasteiger partial charge >= 0.3 is 5.69 Å². The van der Waals surface area contributed by atoms with Crippen LogP contribution in [0, 0.1) is 12.7 Å². The number of halogens is 1. The minimum Gasteiger partial charge on any atom is -0.344 e. The summed E-state index contributed by atoms with van der Waals surface area (Å²) in [6, 6.07) is 6.99. The number of aromatic nitrogens is 3. The molecular weight excluding hydrogens is 361 g/mol. The van der Waals surface area contributed by atoms with Crippen LogP contribution in [0.5, 0.6) is 0 Å². The van der Waals surface area contributed by atoms with Crippen LogP contribution in [0.4, 0.5) is 9.39 Å². The van der Waals surface area contributed by atoms with Gasteiger partial charge in [-0.05, 0) is 36.8 Å². The average molecular weight is 375 g/mol. The third-order valence-corrected chi connectivity index (χ3v) is 4.57. The van der Waals surface area contributed by atoms with Crippen molar-refractivity contribution in [3.8, 4) is 0 Å². The van der Waals surface area contributed by atoms with Gasteiger partial charge in [0.15, 0.2) is 0 Å². The number of nitrogens with zero attached hydrogens (tertiary/aromatic N) is 1. The fourth-order valence-corrected chi connectivity index (χ4v) is 3.20. The van der Waals surface area contributed by atoms with E-state index in [0.29, 0.717) is 21.3 Å². The lowest BCUT2D eigenvalue weighted by molar-refractivity contribution is 0.0952. The molecule has 3 aromatic rings. The van der Waals surface area contributed by atoms with Crippen molar-refractivity contribution in [2.45, 2.75) is 13.5 Å². The van der Waals surface area contributed by atoms with Crippen LogP contribution >= 0.6 is 11.3 Å². The van der Waals surface area contributed by atoms with Crippen molar-refractivity contribution in [2.75, 3.05) is 5.32 Å². The highest BCUT2D eigenvalue weighted by molar-refractivity contribution is 7.18. The average Bonchev–Trinajstić information content (AvgIpc) is 3.18. The Kier molecular flexibility index (Phi) is 4.94. The molecule has 0 aliphatic heterocycles. The highest BCUT2D eigenvalue weighted by Gasteiger charge is 2.16. The van der Waals surface area contributed by atoms with Crippen LogP contribution in [0.25, 0.3) is 0 Å². The fraction of sp³-hybridized carbons (Fsp3) is 0.125. The molecule has 0 spiro atoms. The molecule has 0 aliphatic carbocycles. The lowest BCUT2D eigenvalue weighted by Crippen LogP contribution is -2.23. The molecule has 2 heterocycles. The van der Waals surface area contributed by atoms with Crippen molar-refractivity contribution < 1.29 is 14.0 Å². The normalized spacial score (nSPS) is 10.5. The Balaban J connectivity index is 1.67. The van der Waals surface area contributed by atoms with Crippen LogP contribution in [0.1, 0.15) is 31.4 Å². The Bertz CT molecular complexity index is 1020. The number of aromatic amines is 2. The van der Waals surface area contributed by atoms with Gasteiger partial charge in [0.05, 0.1) is 16.4 Å². The van der Waals surface area contributed by atoms with Gasteiger partial charge in [0.1, 0.15) is 11.6 Å². The zero-order valence-corrected chi connectivity index (χ0v) is 14.4. The summed E-state index contributed by atoms with van der Waals surface area (Å²) in [5, 5.41) is 11.6. The molecule has 0 fully saturated rings. The molecule has 0 radical (unpaired) electrons. The van der Waals surface area contributed by atoms with Gasteiger partial charge in [-0.1, -0.05) is 6.07 Å². The number of hydrogen-bond donors (Lipinski definition) is 4. The van der Waals surface area contributed by atoms with E-state index in [0.717, 1.165) is 17.4 Å². The minimum absolute atomic E-state index is 0.0555. The summed E-state index contributed by atoms with van der Waals surface area (Å²) < 4.78 is 13.2. The van der Waals surface area contributed by atoms with Gasteiger partial charge < -0.3 is 10.6 Å². The van der Waals surface area contributed by atoms with Crippen molar-refractivity contribution in [1.29, 1.82) is 0 Å². The summed E-state index contributed by atoms with van der Waals surface area (Å²) in [5.41, 5.74) is 0.408. The molecule has 4 N–H and O–H groups in total. The summed E-state index contributed by atoms with van der Waals surface area (Å²) in [7, 11) is 0. The second-order valence-electron chi connectivity index (χ2n) is 5.39. The summed E-state index contributed by atoms with van der Waals surface area (Å²) in [6.45, 7) is 1.79. The van der Waals surface area contributed by atoms with E-state index in [1.165, 1.54) is 18.2 Å². The maximum atomic E-state index is 13.2. The lowest BCUT2D eigenvalue weighted by atomic mass is 10.2. The van der Waals surface area contributed by atoms with Crippen LogP contribution in [0.2, 0.25) is 0 Å². The van der Waals surface area contributed by atoms with Crippen molar-refractivity contribution in [1.82, 2.24) is 20.5 Å². The number of rotatable bonds is 5. The van der Waals surface area contributed by atoms with Gasteiger partial charge in [-0.25, -0.2) is 14.3 Å². The Morgan fingerprint density at radius 1 is 1.27 bits per heavy atom. The van der Waals surface area contributed by atoms with Gasteiger partial charge in [-0.2, -0.15) is 5.10 Å².